The quantitative estimate of drug-likeness (QED) is 0.136. The second-order valence-corrected chi connectivity index (χ2v) is 23.5. The number of hydrogen-bond donors (Lipinski definition) is 2. The summed E-state index contributed by atoms with van der Waals surface area (Å²) in [7, 11) is 4.52. The Bertz CT molecular complexity index is 2140. The number of nitrogens with zero attached hydrogens (tertiary/aromatic N) is 1. The van der Waals surface area contributed by atoms with Crippen LogP contribution in [0, 0.1) is 40.9 Å². The Labute approximate surface area is 451 Å². The van der Waals surface area contributed by atoms with E-state index in [0.717, 1.165) is 5.57 Å². The van der Waals surface area contributed by atoms with E-state index in [2.05, 4.69) is 0 Å². The number of ketones is 3. The molecular formula is C59H91NO16. The average Bonchev–Trinajstić information content (AvgIpc) is 3.39. The number of esters is 2. The number of carbonyl (C=O) groups is 6. The highest BCUT2D eigenvalue weighted by molar-refractivity contribution is 6.39. The molecule has 2 bridgehead atoms. The maximum Gasteiger partial charge on any atom is 0.329 e. The summed E-state index contributed by atoms with van der Waals surface area (Å²) in [6.07, 6.45) is 10.5. The van der Waals surface area contributed by atoms with Gasteiger partial charge in [-0.15, -0.1) is 0 Å². The molecule has 3 saturated heterocycles. The molecule has 15 unspecified atom stereocenters. The minimum absolute atomic E-state index is 0.000496. The van der Waals surface area contributed by atoms with E-state index in [4.69, 9.17) is 37.9 Å². The second-order valence-electron chi connectivity index (χ2n) is 23.5. The normalized spacial score (nSPS) is 36.6. The van der Waals surface area contributed by atoms with E-state index in [1.807, 2.05) is 58.1 Å². The fraction of sp³-hybridized carbons (Fsp3) is 0.763. The molecule has 17 nitrogen and oxygen atoms in total. The highest BCUT2D eigenvalue weighted by atomic mass is 16.7. The Morgan fingerprint density at radius 1 is 0.829 bits per heavy atom. The van der Waals surface area contributed by atoms with Crippen molar-refractivity contribution >= 4 is 35.2 Å². The molecule has 1 amide bonds. The fourth-order valence-corrected chi connectivity index (χ4v) is 11.4. The molecule has 17 heteroatoms. The predicted molar refractivity (Wildman–Crippen MR) is 283 cm³/mol. The molecule has 4 fully saturated rings. The first-order chi connectivity index (χ1) is 35.8. The molecule has 2 N–H and O–H groups in total. The molecular weight excluding hydrogens is 979 g/mol. The second kappa shape index (κ2) is 27.8. The van der Waals surface area contributed by atoms with E-state index >= 15 is 0 Å². The molecule has 1 saturated carbocycles. The van der Waals surface area contributed by atoms with Crippen LogP contribution in [0.4, 0.5) is 0 Å². The lowest BCUT2D eigenvalue weighted by Gasteiger charge is -2.43. The van der Waals surface area contributed by atoms with Crippen LogP contribution in [-0.4, -0.2) is 152 Å². The largest absolute Gasteiger partial charge is 0.460 e. The first-order valence-corrected chi connectivity index (χ1v) is 27.8. The minimum atomic E-state index is -2.46. The van der Waals surface area contributed by atoms with E-state index in [1.54, 1.807) is 61.8 Å². The van der Waals surface area contributed by atoms with Gasteiger partial charge in [0.1, 0.15) is 41.7 Å². The van der Waals surface area contributed by atoms with Gasteiger partial charge in [0, 0.05) is 58.5 Å². The number of fused-ring (bicyclic) bond motifs is 3. The van der Waals surface area contributed by atoms with Crippen LogP contribution in [0.2, 0.25) is 0 Å². The lowest BCUT2D eigenvalue weighted by atomic mass is 9.78. The van der Waals surface area contributed by atoms with Crippen molar-refractivity contribution in [3.63, 3.8) is 0 Å². The van der Waals surface area contributed by atoms with Gasteiger partial charge in [0.25, 0.3) is 11.7 Å². The number of methoxy groups -OCH3 is 3. The van der Waals surface area contributed by atoms with E-state index in [1.165, 1.54) is 12.0 Å². The highest BCUT2D eigenvalue weighted by Gasteiger charge is 2.53. The first kappa shape index (κ1) is 62.9. The highest BCUT2D eigenvalue weighted by Crippen LogP contribution is 2.39. The first-order valence-electron chi connectivity index (χ1n) is 27.8. The third-order valence-corrected chi connectivity index (χ3v) is 16.7. The zero-order valence-corrected chi connectivity index (χ0v) is 47.7. The van der Waals surface area contributed by atoms with Crippen molar-refractivity contribution in [3.8, 4) is 0 Å². The molecule has 76 heavy (non-hydrogen) atoms. The number of cyclic esters (lactones) is 1. The molecule has 0 aromatic heterocycles. The van der Waals surface area contributed by atoms with Crippen molar-refractivity contribution < 1.29 is 76.9 Å². The van der Waals surface area contributed by atoms with Crippen LogP contribution >= 0.6 is 0 Å². The summed E-state index contributed by atoms with van der Waals surface area (Å²) >= 11 is 0. The summed E-state index contributed by atoms with van der Waals surface area (Å²) in [4.78, 5) is 86.3. The van der Waals surface area contributed by atoms with E-state index in [-0.39, 0.29) is 56.0 Å². The number of rotatable bonds is 8. The summed E-state index contributed by atoms with van der Waals surface area (Å²) in [6, 6.07) is -1.18. The molecule has 428 valence electrons. The molecule has 4 aliphatic heterocycles. The van der Waals surface area contributed by atoms with Crippen molar-refractivity contribution in [2.75, 3.05) is 41.1 Å². The topological polar surface area (TPSA) is 220 Å². The van der Waals surface area contributed by atoms with Gasteiger partial charge in [-0.3, -0.25) is 24.0 Å². The predicted octanol–water partition coefficient (Wildman–Crippen LogP) is 7.52. The van der Waals surface area contributed by atoms with Crippen LogP contribution in [0.5, 0.6) is 0 Å². The van der Waals surface area contributed by atoms with Gasteiger partial charge >= 0.3 is 11.9 Å². The van der Waals surface area contributed by atoms with Crippen LogP contribution in [0.3, 0.4) is 0 Å². The average molecular weight is 1070 g/mol. The van der Waals surface area contributed by atoms with Crippen LogP contribution < -0.4 is 0 Å². The van der Waals surface area contributed by atoms with E-state index in [9.17, 15) is 39.0 Å². The minimum Gasteiger partial charge on any atom is -0.460 e. The molecule has 1 aliphatic carbocycles. The van der Waals surface area contributed by atoms with Crippen molar-refractivity contribution in [1.29, 1.82) is 0 Å². The maximum absolute atomic E-state index is 14.6. The van der Waals surface area contributed by atoms with E-state index in [0.29, 0.717) is 69.8 Å². The van der Waals surface area contributed by atoms with Gasteiger partial charge in [0.05, 0.1) is 31.5 Å². The number of aliphatic hydroxyl groups is 2. The molecule has 0 spiro atoms. The van der Waals surface area contributed by atoms with Crippen molar-refractivity contribution in [3.05, 3.63) is 47.6 Å². The van der Waals surface area contributed by atoms with Crippen LogP contribution in [-0.2, 0) is 66.7 Å². The van der Waals surface area contributed by atoms with Crippen LogP contribution in [0.1, 0.15) is 146 Å². The molecule has 5 aliphatic rings. The zero-order valence-electron chi connectivity index (χ0n) is 47.7. The monoisotopic (exact) mass is 1070 g/mol. The number of amides is 1. The van der Waals surface area contributed by atoms with Crippen molar-refractivity contribution in [2.45, 2.75) is 207 Å². The van der Waals surface area contributed by atoms with Gasteiger partial charge in [-0.25, -0.2) is 4.79 Å². The van der Waals surface area contributed by atoms with Gasteiger partial charge in [-0.1, -0.05) is 71.1 Å². The van der Waals surface area contributed by atoms with Gasteiger partial charge in [-0.2, -0.15) is 0 Å². The van der Waals surface area contributed by atoms with Crippen LogP contribution in [0.25, 0.3) is 0 Å². The molecule has 0 radical (unpaired) electrons. The Kier molecular flexibility index (Phi) is 23.0. The maximum atomic E-state index is 14.6. The SMILES string of the molecule is COC1CC2CCC(C)C(O)(O2)C(=O)C(=O)N2CCCCC2C(=O)OC(C(C)CC2CCC(OC(=O)C3(C)COC(C)(C)OC3)C(OC)C2)CC(=O)C(C)C=C(C)C(O)C(OC)C(=O)C(C)CC(C)C=CC=CC=C1C. The summed E-state index contributed by atoms with van der Waals surface area (Å²) in [5.41, 5.74) is 0.243. The Morgan fingerprint density at radius 2 is 1.53 bits per heavy atom. The zero-order chi connectivity index (χ0) is 56.3. The van der Waals surface area contributed by atoms with Gasteiger partial charge in [0.15, 0.2) is 11.6 Å². The number of allylic oxidation sites excluding steroid dienone is 6. The summed E-state index contributed by atoms with van der Waals surface area (Å²) in [6.45, 7) is 18.3. The number of carbonyl (C=O) groups excluding carboxylic acids is 6. The van der Waals surface area contributed by atoms with Gasteiger partial charge < -0.3 is 53.0 Å². The lowest BCUT2D eigenvalue weighted by Crippen LogP contribution is -2.61. The number of aliphatic hydroxyl groups excluding tert-OH is 1. The molecule has 0 aromatic rings. The standard InChI is InChI=1S/C59H91NO16/c1-35-19-15-14-16-20-36(2)47(69-11)31-43-24-22-41(7)59(68,76-43)53(64)54(65)60-26-18-17-21-44(60)55(66)74-48(32-45(61)37(3)28-40(6)51(63)52(71-13)50(62)39(5)27-35)38(4)29-42-23-25-46(49(30-42)70-12)75-56(67)58(10)33-72-57(8,9)73-34-58/h14-16,19-20,28,35,37-39,41-44,46-49,51-52,63,68H,17-18,21-27,29-34H2,1-13H3. The number of piperidine rings is 1. The smallest absolute Gasteiger partial charge is 0.329 e. The number of Topliss-reactive ketones (excluding diaryl/α,β-unsaturated/α-hetero) is 3. The van der Waals surface area contributed by atoms with Crippen molar-refractivity contribution in [2.24, 2.45) is 40.9 Å². The number of ether oxygens (including phenoxy) is 8. The summed E-state index contributed by atoms with van der Waals surface area (Å²) in [5, 5.41) is 23.6. The van der Waals surface area contributed by atoms with Gasteiger partial charge in [0.2, 0.25) is 5.79 Å². The molecule has 15 atom stereocenters. The lowest BCUT2D eigenvalue weighted by molar-refractivity contribution is -0.283. The summed E-state index contributed by atoms with van der Waals surface area (Å²) < 4.78 is 47.6. The summed E-state index contributed by atoms with van der Waals surface area (Å²) in [5.74, 6) is -9.63. The van der Waals surface area contributed by atoms with Crippen LogP contribution in [0.15, 0.2) is 47.6 Å². The van der Waals surface area contributed by atoms with Crippen molar-refractivity contribution in [1.82, 2.24) is 4.90 Å². The Hall–Kier alpha value is -3.94. The van der Waals surface area contributed by atoms with E-state index < -0.39 is 113 Å². The Balaban J connectivity index is 1.43. The number of hydrogen-bond acceptors (Lipinski definition) is 16. The molecule has 4 heterocycles. The third-order valence-electron chi connectivity index (χ3n) is 16.7. The van der Waals surface area contributed by atoms with Gasteiger partial charge in [-0.05, 0) is 128 Å². The fourth-order valence-electron chi connectivity index (χ4n) is 11.4. The molecule has 5 rings (SSSR count). The Morgan fingerprint density at radius 3 is 2.18 bits per heavy atom. The molecule has 0 aromatic carbocycles. The third kappa shape index (κ3) is 16.1.